The van der Waals surface area contributed by atoms with Gasteiger partial charge in [-0.25, -0.2) is 22.7 Å². The maximum absolute atomic E-state index is 11.9. The molecule has 19 heavy (non-hydrogen) atoms. The van der Waals surface area contributed by atoms with Crippen LogP contribution in [0.5, 0.6) is 0 Å². The molecule has 1 N–H and O–H groups in total. The molecule has 1 rings (SSSR count). The van der Waals surface area contributed by atoms with Gasteiger partial charge in [0.15, 0.2) is 0 Å². The molecule has 0 bridgehead atoms. The van der Waals surface area contributed by atoms with E-state index in [1.54, 1.807) is 4.72 Å². The molecular weight excluding hydrogens is 274 g/mol. The average Bonchev–Trinajstić information content (AvgIpc) is 2.37. The Morgan fingerprint density at radius 1 is 1.26 bits per heavy atom. The van der Waals surface area contributed by atoms with Gasteiger partial charge in [0, 0.05) is 0 Å². The van der Waals surface area contributed by atoms with Crippen LogP contribution in [0.4, 0.5) is 4.79 Å². The minimum atomic E-state index is -4.19. The quantitative estimate of drug-likeness (QED) is 0.826. The van der Waals surface area contributed by atoms with Crippen LogP contribution >= 0.6 is 0 Å². The molecule has 0 unspecified atom stereocenters. The van der Waals surface area contributed by atoms with E-state index in [0.29, 0.717) is 0 Å². The molecule has 0 saturated carbocycles. The van der Waals surface area contributed by atoms with Gasteiger partial charge in [0.05, 0.1) is 19.3 Å². The summed E-state index contributed by atoms with van der Waals surface area (Å²) in [5.74, 6) is -0.815. The molecule has 0 atom stereocenters. The molecule has 8 heteroatoms. The standard InChI is InChI=1S/C11H13NO6S/c1-3-18-11(14)12-19(15,16)9-7-5-4-6-8(9)10(13)17-2/h4-7H,3H2,1-2H3,(H,12,14). The summed E-state index contributed by atoms with van der Waals surface area (Å²) in [6, 6.07) is 5.38. The van der Waals surface area contributed by atoms with E-state index < -0.39 is 22.1 Å². The van der Waals surface area contributed by atoms with E-state index in [-0.39, 0.29) is 17.1 Å². The molecule has 0 aliphatic carbocycles. The van der Waals surface area contributed by atoms with Crippen molar-refractivity contribution in [3.05, 3.63) is 29.8 Å². The molecular formula is C11H13NO6S. The van der Waals surface area contributed by atoms with Gasteiger partial charge < -0.3 is 9.47 Å². The van der Waals surface area contributed by atoms with Gasteiger partial charge >= 0.3 is 12.1 Å². The van der Waals surface area contributed by atoms with Crippen molar-refractivity contribution in [2.45, 2.75) is 11.8 Å². The Labute approximate surface area is 110 Å². The number of esters is 1. The van der Waals surface area contributed by atoms with Crippen LogP contribution in [0, 0.1) is 0 Å². The number of benzene rings is 1. The van der Waals surface area contributed by atoms with Crippen molar-refractivity contribution in [3.63, 3.8) is 0 Å². The van der Waals surface area contributed by atoms with Crippen molar-refractivity contribution in [3.8, 4) is 0 Å². The van der Waals surface area contributed by atoms with Gasteiger partial charge in [0.2, 0.25) is 0 Å². The summed E-state index contributed by atoms with van der Waals surface area (Å²) in [5, 5.41) is 0. The van der Waals surface area contributed by atoms with Gasteiger partial charge in [0.25, 0.3) is 10.0 Å². The second-order valence-electron chi connectivity index (χ2n) is 3.31. The molecule has 7 nitrogen and oxygen atoms in total. The lowest BCUT2D eigenvalue weighted by Gasteiger charge is -2.09. The number of amides is 1. The highest BCUT2D eigenvalue weighted by molar-refractivity contribution is 7.90. The monoisotopic (exact) mass is 287 g/mol. The van der Waals surface area contributed by atoms with E-state index in [1.165, 1.54) is 31.2 Å². The number of carbonyl (C=O) groups excluding carboxylic acids is 2. The van der Waals surface area contributed by atoms with Gasteiger partial charge in [-0.15, -0.1) is 0 Å². The zero-order valence-electron chi connectivity index (χ0n) is 10.4. The van der Waals surface area contributed by atoms with Crippen LogP contribution in [0.1, 0.15) is 17.3 Å². The van der Waals surface area contributed by atoms with Crippen LogP contribution in [0.3, 0.4) is 0 Å². The lowest BCUT2D eigenvalue weighted by atomic mass is 10.2. The molecule has 1 aromatic rings. The number of rotatable bonds is 4. The Kier molecular flexibility index (Phi) is 4.87. The molecule has 0 fully saturated rings. The van der Waals surface area contributed by atoms with Crippen LogP contribution in [0.2, 0.25) is 0 Å². The third-order valence-corrected chi connectivity index (χ3v) is 3.45. The Bertz CT molecular complexity index is 581. The summed E-state index contributed by atoms with van der Waals surface area (Å²) in [6.07, 6.45) is -1.11. The number of hydrogen-bond donors (Lipinski definition) is 1. The number of nitrogens with one attached hydrogen (secondary N) is 1. The minimum absolute atomic E-state index is 0.0278. The van der Waals surface area contributed by atoms with Gasteiger partial charge in [0.1, 0.15) is 4.90 Å². The second kappa shape index (κ2) is 6.19. The van der Waals surface area contributed by atoms with E-state index in [9.17, 15) is 18.0 Å². The fourth-order valence-corrected chi connectivity index (χ4v) is 2.39. The second-order valence-corrected chi connectivity index (χ2v) is 4.96. The molecule has 0 aromatic heterocycles. The van der Waals surface area contributed by atoms with Crippen molar-refractivity contribution in [1.29, 1.82) is 0 Å². The lowest BCUT2D eigenvalue weighted by molar-refractivity contribution is 0.0596. The van der Waals surface area contributed by atoms with E-state index in [0.717, 1.165) is 7.11 Å². The third kappa shape index (κ3) is 3.68. The highest BCUT2D eigenvalue weighted by atomic mass is 32.2. The number of sulfonamides is 1. The van der Waals surface area contributed by atoms with Crippen LogP contribution in [0.25, 0.3) is 0 Å². The molecule has 0 radical (unpaired) electrons. The fraction of sp³-hybridized carbons (Fsp3) is 0.273. The van der Waals surface area contributed by atoms with Crippen molar-refractivity contribution in [1.82, 2.24) is 4.72 Å². The summed E-state index contributed by atoms with van der Waals surface area (Å²) < 4.78 is 34.5. The summed E-state index contributed by atoms with van der Waals surface area (Å²) in [7, 11) is -3.06. The first-order valence-corrected chi connectivity index (χ1v) is 6.77. The Hall–Kier alpha value is -2.09. The highest BCUT2D eigenvalue weighted by Gasteiger charge is 2.24. The maximum atomic E-state index is 11.9. The molecule has 104 valence electrons. The molecule has 0 heterocycles. The molecule has 0 spiro atoms. The predicted octanol–water partition coefficient (Wildman–Crippen LogP) is 0.908. The molecule has 0 aliphatic heterocycles. The van der Waals surface area contributed by atoms with E-state index in [2.05, 4.69) is 9.47 Å². The van der Waals surface area contributed by atoms with Gasteiger partial charge in [-0.05, 0) is 19.1 Å². The van der Waals surface area contributed by atoms with E-state index >= 15 is 0 Å². The minimum Gasteiger partial charge on any atom is -0.465 e. The topological polar surface area (TPSA) is 98.8 Å². The number of carbonyl (C=O) groups is 2. The normalized spacial score (nSPS) is 10.6. The van der Waals surface area contributed by atoms with Gasteiger partial charge in [-0.1, -0.05) is 12.1 Å². The number of methoxy groups -OCH3 is 1. The van der Waals surface area contributed by atoms with Crippen molar-refractivity contribution in [2.75, 3.05) is 13.7 Å². The van der Waals surface area contributed by atoms with Crippen molar-refractivity contribution >= 4 is 22.1 Å². The molecule has 0 saturated heterocycles. The molecule has 1 amide bonds. The van der Waals surface area contributed by atoms with Crippen molar-refractivity contribution in [2.24, 2.45) is 0 Å². The van der Waals surface area contributed by atoms with Gasteiger partial charge in [-0.3, -0.25) is 0 Å². The SMILES string of the molecule is CCOC(=O)NS(=O)(=O)c1ccccc1C(=O)OC. The largest absolute Gasteiger partial charge is 0.465 e. The molecule has 1 aromatic carbocycles. The van der Waals surface area contributed by atoms with Gasteiger partial charge in [-0.2, -0.15) is 0 Å². The maximum Gasteiger partial charge on any atom is 0.421 e. The first-order chi connectivity index (χ1) is 8.92. The first-order valence-electron chi connectivity index (χ1n) is 5.29. The Morgan fingerprint density at radius 3 is 2.47 bits per heavy atom. The zero-order valence-corrected chi connectivity index (χ0v) is 11.2. The number of ether oxygens (including phenoxy) is 2. The van der Waals surface area contributed by atoms with E-state index in [4.69, 9.17) is 0 Å². The summed E-state index contributed by atoms with van der Waals surface area (Å²) in [5.41, 5.74) is -0.165. The highest BCUT2D eigenvalue weighted by Crippen LogP contribution is 2.16. The van der Waals surface area contributed by atoms with Crippen LogP contribution < -0.4 is 4.72 Å². The zero-order chi connectivity index (χ0) is 14.5. The first kappa shape index (κ1) is 15.0. The Morgan fingerprint density at radius 2 is 1.89 bits per heavy atom. The lowest BCUT2D eigenvalue weighted by Crippen LogP contribution is -2.32. The van der Waals surface area contributed by atoms with Crippen LogP contribution in [-0.4, -0.2) is 34.2 Å². The Balaban J connectivity index is 3.15. The fourth-order valence-electron chi connectivity index (χ4n) is 1.30. The summed E-state index contributed by atoms with van der Waals surface area (Å²) in [6.45, 7) is 1.56. The molecule has 0 aliphatic rings. The third-order valence-electron chi connectivity index (χ3n) is 2.08. The van der Waals surface area contributed by atoms with Crippen LogP contribution in [0.15, 0.2) is 29.2 Å². The van der Waals surface area contributed by atoms with Crippen LogP contribution in [-0.2, 0) is 19.5 Å². The summed E-state index contributed by atoms with van der Waals surface area (Å²) in [4.78, 5) is 22.3. The average molecular weight is 287 g/mol. The smallest absolute Gasteiger partial charge is 0.421 e. The summed E-state index contributed by atoms with van der Waals surface area (Å²) >= 11 is 0. The van der Waals surface area contributed by atoms with Crippen molar-refractivity contribution < 1.29 is 27.5 Å². The predicted molar refractivity (Wildman–Crippen MR) is 65.1 cm³/mol. The van der Waals surface area contributed by atoms with E-state index in [1.807, 2.05) is 0 Å². The number of hydrogen-bond acceptors (Lipinski definition) is 6.